The van der Waals surface area contributed by atoms with E-state index in [1.807, 2.05) is 24.3 Å². The van der Waals surface area contributed by atoms with E-state index in [9.17, 15) is 39.0 Å². The number of carbonyl (C=O) groups excluding carboxylic acids is 4. The lowest BCUT2D eigenvalue weighted by molar-refractivity contribution is 0.0425. The third-order valence-electron chi connectivity index (χ3n) is 11.3. The van der Waals surface area contributed by atoms with Crippen LogP contribution in [0.15, 0.2) is 121 Å². The number of fused-ring (bicyclic) bond motifs is 5. The minimum Gasteiger partial charge on any atom is -0.508 e. The fourth-order valence-corrected chi connectivity index (χ4v) is 8.44. The lowest BCUT2D eigenvalue weighted by Gasteiger charge is -2.37. The largest absolute Gasteiger partial charge is 0.508 e. The number of rotatable bonds is 10. The molecule has 0 unspecified atom stereocenters. The Morgan fingerprint density at radius 2 is 0.841 bits per heavy atom. The van der Waals surface area contributed by atoms with Gasteiger partial charge in [0.05, 0.1) is 38.8 Å². The molecule has 318 valence electrons. The van der Waals surface area contributed by atoms with E-state index in [1.165, 1.54) is 68.8 Å². The zero-order chi connectivity index (χ0) is 45.0. The monoisotopic (exact) mass is 846 g/mol. The number of aryl methyl sites for hydroxylation is 2. The van der Waals surface area contributed by atoms with E-state index in [-0.39, 0.29) is 33.4 Å². The van der Waals surface area contributed by atoms with Crippen LogP contribution < -0.4 is 0 Å². The van der Waals surface area contributed by atoms with Crippen LogP contribution in [0.1, 0.15) is 135 Å². The molecule has 2 heterocycles. The van der Waals surface area contributed by atoms with Gasteiger partial charge in [-0.05, 0) is 131 Å². The highest BCUT2D eigenvalue weighted by Gasteiger charge is 2.48. The van der Waals surface area contributed by atoms with E-state index in [0.29, 0.717) is 11.5 Å². The molecule has 3 aliphatic rings. The van der Waals surface area contributed by atoms with E-state index in [4.69, 9.17) is 10.2 Å². The maximum absolute atomic E-state index is 11.0. The number of aromatic carboxylic acids is 2. The molecular weight excluding hydrogens is 805 g/mol. The Morgan fingerprint density at radius 1 is 0.460 bits per heavy atom. The van der Waals surface area contributed by atoms with Crippen LogP contribution >= 0.6 is 0 Å². The maximum Gasteiger partial charge on any atom is 0.346 e. The Morgan fingerprint density at radius 3 is 1.22 bits per heavy atom. The van der Waals surface area contributed by atoms with Crippen molar-refractivity contribution in [2.24, 2.45) is 0 Å². The van der Waals surface area contributed by atoms with Gasteiger partial charge < -0.3 is 29.9 Å². The van der Waals surface area contributed by atoms with Gasteiger partial charge in [0.25, 0.3) is 0 Å². The summed E-state index contributed by atoms with van der Waals surface area (Å²) in [5.41, 5.74) is 9.52. The molecule has 0 bridgehead atoms. The molecular formula is C51H42O12. The highest BCUT2D eigenvalue weighted by molar-refractivity contribution is 6.16. The van der Waals surface area contributed by atoms with E-state index in [0.717, 1.165) is 50.7 Å². The minimum absolute atomic E-state index is 0.00917. The fourth-order valence-electron chi connectivity index (χ4n) is 8.44. The number of carbonyl (C=O) groups is 6. The first-order valence-electron chi connectivity index (χ1n) is 20.4. The van der Waals surface area contributed by atoms with Gasteiger partial charge in [-0.15, -0.1) is 0 Å². The lowest BCUT2D eigenvalue weighted by Crippen LogP contribution is -2.31. The van der Waals surface area contributed by atoms with Crippen molar-refractivity contribution < 1.29 is 58.7 Å². The number of carboxylic acid groups (broad SMARTS) is 2. The van der Waals surface area contributed by atoms with Crippen molar-refractivity contribution >= 4 is 35.8 Å². The Hall–Kier alpha value is -7.86. The second-order valence-electron chi connectivity index (χ2n) is 15.2. The molecule has 0 amide bonds. The van der Waals surface area contributed by atoms with Gasteiger partial charge in [0.15, 0.2) is 0 Å². The van der Waals surface area contributed by atoms with Crippen LogP contribution in [0.3, 0.4) is 0 Å². The van der Waals surface area contributed by atoms with Crippen LogP contribution in [0.25, 0.3) is 11.1 Å². The van der Waals surface area contributed by atoms with Crippen LogP contribution in [-0.4, -0.2) is 56.2 Å². The first-order valence-corrected chi connectivity index (χ1v) is 20.4. The summed E-state index contributed by atoms with van der Waals surface area (Å²) in [5.74, 6) is -4.75. The van der Waals surface area contributed by atoms with Crippen molar-refractivity contribution in [3.8, 4) is 22.6 Å². The molecule has 0 saturated heterocycles. The molecule has 6 aromatic rings. The van der Waals surface area contributed by atoms with E-state index >= 15 is 0 Å². The first-order chi connectivity index (χ1) is 30.3. The van der Waals surface area contributed by atoms with Crippen molar-refractivity contribution in [1.29, 1.82) is 0 Å². The minimum atomic E-state index is -1.15. The summed E-state index contributed by atoms with van der Waals surface area (Å²) in [6, 6.07) is 36.7. The van der Waals surface area contributed by atoms with Gasteiger partial charge in [0.2, 0.25) is 0 Å². The highest BCUT2D eigenvalue weighted by atomic mass is 16.6. The van der Waals surface area contributed by atoms with Crippen molar-refractivity contribution in [3.05, 3.63) is 188 Å². The lowest BCUT2D eigenvalue weighted by atomic mass is 9.64. The molecule has 0 aromatic heterocycles. The number of hydrogen-bond acceptors (Lipinski definition) is 10. The zero-order valence-corrected chi connectivity index (χ0v) is 34.3. The van der Waals surface area contributed by atoms with Gasteiger partial charge in [-0.1, -0.05) is 87.4 Å². The van der Waals surface area contributed by atoms with Gasteiger partial charge in [-0.25, -0.2) is 28.8 Å². The van der Waals surface area contributed by atoms with Crippen molar-refractivity contribution in [3.63, 3.8) is 0 Å². The first kappa shape index (κ1) is 43.2. The molecule has 12 nitrogen and oxygen atoms in total. The average molecular weight is 847 g/mol. The fraction of sp³-hybridized carbons (Fsp3) is 0.176. The van der Waals surface area contributed by atoms with Crippen LogP contribution in [0.4, 0.5) is 0 Å². The number of phenolic OH excluding ortho intramolecular Hbond substituents is 2. The molecule has 1 aliphatic carbocycles. The summed E-state index contributed by atoms with van der Waals surface area (Å²) in [7, 11) is 0. The smallest absolute Gasteiger partial charge is 0.346 e. The van der Waals surface area contributed by atoms with E-state index < -0.39 is 41.2 Å². The summed E-state index contributed by atoms with van der Waals surface area (Å²) in [6.07, 6.45) is 6.14. The van der Waals surface area contributed by atoms with Crippen molar-refractivity contribution in [2.75, 3.05) is 0 Å². The standard InChI is InChI=1S/C33H34O2.2C9H4O5/c1-3-5-11-23-21-25(34)17-19-29(23)33(30-20-18-26(35)22-24(30)12-6-4-2)31-15-9-7-13-27(31)28-14-8-10-16-32(28)33;2*10-7(11)4-1-2-5-6(3-4)9(13)14-8(5)12/h7-10,13-22,34-35H,3-6,11-12H2,1-2H3;2*1-3H,(H,10,11). The SMILES string of the molecule is CCCCc1cc(O)ccc1C1(c2ccc(O)cc2CCCC)c2ccccc2-c2ccccc21.O=C(O)c1ccc2c(c1)C(=O)OC2=O.O=C(O)c1ccc2c(c1)C(=O)OC2=O. The number of carboxylic acids is 2. The predicted molar refractivity (Wildman–Crippen MR) is 231 cm³/mol. The Labute approximate surface area is 362 Å². The van der Waals surface area contributed by atoms with Gasteiger partial charge in [-0.3, -0.25) is 0 Å². The summed E-state index contributed by atoms with van der Waals surface area (Å²) in [6.45, 7) is 4.42. The molecule has 0 saturated carbocycles. The summed E-state index contributed by atoms with van der Waals surface area (Å²) < 4.78 is 8.59. The van der Waals surface area contributed by atoms with Gasteiger partial charge >= 0.3 is 35.8 Å². The topological polar surface area (TPSA) is 202 Å². The number of cyclic esters (lactones) is 4. The number of benzene rings is 6. The number of hydrogen-bond donors (Lipinski definition) is 4. The molecule has 0 radical (unpaired) electrons. The third-order valence-corrected chi connectivity index (χ3v) is 11.3. The predicted octanol–water partition coefficient (Wildman–Crippen LogP) is 9.54. The quantitative estimate of drug-likeness (QED) is 0.0751. The van der Waals surface area contributed by atoms with Crippen molar-refractivity contribution in [2.45, 2.75) is 57.8 Å². The Bertz CT molecular complexity index is 2640. The normalized spacial score (nSPS) is 13.6. The number of aromatic hydroxyl groups is 2. The maximum atomic E-state index is 11.0. The molecule has 63 heavy (non-hydrogen) atoms. The number of phenols is 2. The molecule has 2 aliphatic heterocycles. The van der Waals surface area contributed by atoms with Gasteiger partial charge in [0.1, 0.15) is 11.5 Å². The number of esters is 4. The summed E-state index contributed by atoms with van der Waals surface area (Å²) >= 11 is 0. The van der Waals surface area contributed by atoms with Gasteiger partial charge in [0, 0.05) is 0 Å². The average Bonchev–Trinajstić information content (AvgIpc) is 3.86. The summed E-state index contributed by atoms with van der Waals surface area (Å²) in [4.78, 5) is 65.1. The van der Waals surface area contributed by atoms with Crippen LogP contribution in [0.2, 0.25) is 0 Å². The number of unbranched alkanes of at least 4 members (excludes halogenated alkanes) is 2. The molecule has 0 spiro atoms. The molecule has 0 fully saturated rings. The van der Waals surface area contributed by atoms with E-state index in [1.54, 1.807) is 0 Å². The third kappa shape index (κ3) is 8.18. The zero-order valence-electron chi connectivity index (χ0n) is 34.3. The van der Waals surface area contributed by atoms with Crippen molar-refractivity contribution in [1.82, 2.24) is 0 Å². The van der Waals surface area contributed by atoms with E-state index in [2.05, 4.69) is 84.0 Å². The second kappa shape index (κ2) is 18.0. The highest BCUT2D eigenvalue weighted by Crippen LogP contribution is 2.58. The van der Waals surface area contributed by atoms with Crippen LogP contribution in [-0.2, 0) is 27.7 Å². The molecule has 4 N–H and O–H groups in total. The molecule has 12 heteroatoms. The van der Waals surface area contributed by atoms with Crippen LogP contribution in [0.5, 0.6) is 11.5 Å². The molecule has 9 rings (SSSR count). The molecule has 6 aromatic carbocycles. The second-order valence-corrected chi connectivity index (χ2v) is 15.2. The van der Waals surface area contributed by atoms with Gasteiger partial charge in [-0.2, -0.15) is 0 Å². The van der Waals surface area contributed by atoms with Crippen LogP contribution in [0, 0.1) is 0 Å². The Balaban J connectivity index is 0.000000173. The Kier molecular flexibility index (Phi) is 12.4. The summed E-state index contributed by atoms with van der Waals surface area (Å²) in [5, 5.41) is 38.3. The number of ether oxygens (including phenoxy) is 2. The molecule has 0 atom stereocenters.